The van der Waals surface area contributed by atoms with E-state index in [1.165, 1.54) is 12.3 Å². The Kier molecular flexibility index (Phi) is 3.68. The lowest BCUT2D eigenvalue weighted by Crippen LogP contribution is -2.63. The van der Waals surface area contributed by atoms with E-state index in [0.717, 1.165) is 39.3 Å². The van der Waals surface area contributed by atoms with Gasteiger partial charge in [0.2, 0.25) is 5.82 Å². The highest BCUT2D eigenvalue weighted by molar-refractivity contribution is 5.66. The van der Waals surface area contributed by atoms with Crippen molar-refractivity contribution in [1.29, 1.82) is 5.26 Å². The minimum absolute atomic E-state index is 0.0654. The van der Waals surface area contributed by atoms with Crippen molar-refractivity contribution in [3.63, 3.8) is 0 Å². The fourth-order valence-electron chi connectivity index (χ4n) is 2.85. The number of anilines is 1. The monoisotopic (exact) mass is 288 g/mol. The summed E-state index contributed by atoms with van der Waals surface area (Å²) in [5.41, 5.74) is -0.116. The maximum Gasteiger partial charge on any atom is 0.329 e. The minimum atomic E-state index is -0.515. The van der Waals surface area contributed by atoms with E-state index in [0.29, 0.717) is 11.9 Å². The first-order valence-corrected chi connectivity index (χ1v) is 6.94. The van der Waals surface area contributed by atoms with Gasteiger partial charge in [-0.25, -0.2) is 4.98 Å². The Balaban J connectivity index is 1.75. The van der Waals surface area contributed by atoms with E-state index >= 15 is 0 Å². The largest absolute Gasteiger partial charge is 0.348 e. The molecule has 0 aliphatic carbocycles. The van der Waals surface area contributed by atoms with Gasteiger partial charge in [-0.15, -0.1) is 0 Å². The van der Waals surface area contributed by atoms with E-state index in [1.807, 2.05) is 11.0 Å². The van der Waals surface area contributed by atoms with Gasteiger partial charge in [-0.05, 0) is 6.07 Å². The summed E-state index contributed by atoms with van der Waals surface area (Å²) in [7, 11) is 0. The lowest BCUT2D eigenvalue weighted by Gasteiger charge is -2.47. The number of aromatic nitrogens is 1. The molecule has 8 heteroatoms. The van der Waals surface area contributed by atoms with Gasteiger partial charge in [-0.3, -0.25) is 15.0 Å². The lowest BCUT2D eigenvalue weighted by atomic mass is 10.1. The summed E-state index contributed by atoms with van der Waals surface area (Å²) in [5.74, 6) is 0.311. The highest BCUT2D eigenvalue weighted by atomic mass is 16.6. The molecule has 0 radical (unpaired) electrons. The third kappa shape index (κ3) is 2.53. The maximum absolute atomic E-state index is 11.2. The van der Waals surface area contributed by atoms with Crippen LogP contribution in [0, 0.1) is 21.4 Å². The van der Waals surface area contributed by atoms with Crippen molar-refractivity contribution >= 4 is 11.5 Å². The van der Waals surface area contributed by atoms with E-state index in [-0.39, 0.29) is 11.3 Å². The number of piperazine rings is 1. The number of hydrogen-bond acceptors (Lipinski definition) is 7. The van der Waals surface area contributed by atoms with Crippen LogP contribution < -0.4 is 10.2 Å². The molecule has 0 unspecified atom stereocenters. The maximum atomic E-state index is 11.2. The van der Waals surface area contributed by atoms with Gasteiger partial charge in [0, 0.05) is 51.5 Å². The molecule has 3 heterocycles. The van der Waals surface area contributed by atoms with E-state index in [1.54, 1.807) is 0 Å². The SMILES string of the molecule is N#Cc1ccnc(N2CC(N3CCNCC3)C2)c1[N+](=O)[O-]. The van der Waals surface area contributed by atoms with Crippen LogP contribution >= 0.6 is 0 Å². The predicted molar refractivity (Wildman–Crippen MR) is 76.1 cm³/mol. The standard InChI is InChI=1S/C13H16N6O2/c14-7-10-1-2-16-13(12(10)19(20)21)18-8-11(9-18)17-5-3-15-4-6-17/h1-2,11,15H,3-6,8-9H2. The second kappa shape index (κ2) is 5.63. The molecule has 1 aromatic heterocycles. The van der Waals surface area contributed by atoms with Gasteiger partial charge in [-0.2, -0.15) is 5.26 Å². The Morgan fingerprint density at radius 1 is 1.43 bits per heavy atom. The normalized spacial score (nSPS) is 19.9. The van der Waals surface area contributed by atoms with Crippen molar-refractivity contribution in [2.75, 3.05) is 44.2 Å². The fourth-order valence-corrected chi connectivity index (χ4v) is 2.85. The molecule has 21 heavy (non-hydrogen) atoms. The molecule has 0 aromatic carbocycles. The van der Waals surface area contributed by atoms with E-state index < -0.39 is 4.92 Å². The number of nitrogens with one attached hydrogen (secondary N) is 1. The molecule has 0 bridgehead atoms. The topological polar surface area (TPSA) is 98.3 Å². The molecule has 3 rings (SSSR count). The van der Waals surface area contributed by atoms with Crippen LogP contribution in [0.25, 0.3) is 0 Å². The van der Waals surface area contributed by atoms with Gasteiger partial charge >= 0.3 is 5.69 Å². The molecule has 0 spiro atoms. The molecule has 110 valence electrons. The van der Waals surface area contributed by atoms with Crippen LogP contribution in [0.15, 0.2) is 12.3 Å². The average Bonchev–Trinajstić information content (AvgIpc) is 2.46. The molecular weight excluding hydrogens is 272 g/mol. The minimum Gasteiger partial charge on any atom is -0.348 e. The summed E-state index contributed by atoms with van der Waals surface area (Å²) in [6.45, 7) is 5.43. The first-order valence-electron chi connectivity index (χ1n) is 6.94. The summed E-state index contributed by atoms with van der Waals surface area (Å²) in [6, 6.07) is 3.67. The van der Waals surface area contributed by atoms with Crippen LogP contribution in [0.1, 0.15) is 5.56 Å². The van der Waals surface area contributed by atoms with Crippen molar-refractivity contribution in [1.82, 2.24) is 15.2 Å². The van der Waals surface area contributed by atoms with Crippen molar-refractivity contribution in [3.05, 3.63) is 27.9 Å². The van der Waals surface area contributed by atoms with Crippen molar-refractivity contribution < 1.29 is 4.92 Å². The van der Waals surface area contributed by atoms with Crippen LogP contribution in [0.3, 0.4) is 0 Å². The molecular formula is C13H16N6O2. The zero-order valence-corrected chi connectivity index (χ0v) is 11.5. The van der Waals surface area contributed by atoms with Gasteiger partial charge in [0.15, 0.2) is 0 Å². The Morgan fingerprint density at radius 2 is 2.14 bits per heavy atom. The van der Waals surface area contributed by atoms with Crippen LogP contribution in [-0.4, -0.2) is 60.1 Å². The quantitative estimate of drug-likeness (QED) is 0.615. The molecule has 0 amide bonds. The van der Waals surface area contributed by atoms with Gasteiger partial charge in [0.1, 0.15) is 11.6 Å². The first-order chi connectivity index (χ1) is 10.2. The third-order valence-electron chi connectivity index (χ3n) is 4.04. The van der Waals surface area contributed by atoms with Crippen LogP contribution in [-0.2, 0) is 0 Å². The van der Waals surface area contributed by atoms with Crippen LogP contribution in [0.2, 0.25) is 0 Å². The highest BCUT2D eigenvalue weighted by Gasteiger charge is 2.37. The predicted octanol–water partition coefficient (Wildman–Crippen LogP) is -0.0447. The Hall–Kier alpha value is -2.24. The number of nitro groups is 1. The van der Waals surface area contributed by atoms with Crippen molar-refractivity contribution in [3.8, 4) is 6.07 Å². The van der Waals surface area contributed by atoms with E-state index in [2.05, 4.69) is 15.2 Å². The Bertz CT molecular complexity index is 587. The molecule has 0 atom stereocenters. The number of nitrogens with zero attached hydrogens (tertiary/aromatic N) is 5. The van der Waals surface area contributed by atoms with Gasteiger partial charge in [0.25, 0.3) is 0 Å². The second-order valence-corrected chi connectivity index (χ2v) is 5.24. The number of rotatable bonds is 3. The number of nitriles is 1. The zero-order valence-electron chi connectivity index (χ0n) is 11.5. The molecule has 0 saturated carbocycles. The highest BCUT2D eigenvalue weighted by Crippen LogP contribution is 2.32. The van der Waals surface area contributed by atoms with Crippen molar-refractivity contribution in [2.45, 2.75) is 6.04 Å². The Morgan fingerprint density at radius 3 is 2.76 bits per heavy atom. The van der Waals surface area contributed by atoms with E-state index in [9.17, 15) is 10.1 Å². The zero-order chi connectivity index (χ0) is 14.8. The van der Waals surface area contributed by atoms with Crippen molar-refractivity contribution in [2.24, 2.45) is 0 Å². The van der Waals surface area contributed by atoms with Crippen LogP contribution in [0.5, 0.6) is 0 Å². The van der Waals surface area contributed by atoms with E-state index in [4.69, 9.17) is 5.26 Å². The smallest absolute Gasteiger partial charge is 0.329 e. The lowest BCUT2D eigenvalue weighted by molar-refractivity contribution is -0.384. The molecule has 2 saturated heterocycles. The van der Waals surface area contributed by atoms with Gasteiger partial charge in [-0.1, -0.05) is 0 Å². The number of hydrogen-bond donors (Lipinski definition) is 1. The fraction of sp³-hybridized carbons (Fsp3) is 0.538. The molecule has 1 N–H and O–H groups in total. The Labute approximate surface area is 122 Å². The molecule has 1 aromatic rings. The first kappa shape index (κ1) is 13.7. The number of pyridine rings is 1. The summed E-state index contributed by atoms with van der Waals surface area (Å²) in [5, 5.41) is 23.5. The average molecular weight is 288 g/mol. The molecule has 2 aliphatic rings. The van der Waals surface area contributed by atoms with Crippen LogP contribution in [0.4, 0.5) is 11.5 Å². The molecule has 8 nitrogen and oxygen atoms in total. The third-order valence-corrected chi connectivity index (χ3v) is 4.04. The summed E-state index contributed by atoms with van der Waals surface area (Å²) >= 11 is 0. The summed E-state index contributed by atoms with van der Waals surface area (Å²) in [6.07, 6.45) is 1.46. The molecule has 2 fully saturated rings. The second-order valence-electron chi connectivity index (χ2n) is 5.24. The van der Waals surface area contributed by atoms with Gasteiger partial charge in [0.05, 0.1) is 4.92 Å². The summed E-state index contributed by atoms with van der Waals surface area (Å²) in [4.78, 5) is 19.1. The summed E-state index contributed by atoms with van der Waals surface area (Å²) < 4.78 is 0. The molecule has 2 aliphatic heterocycles. The van der Waals surface area contributed by atoms with Gasteiger partial charge < -0.3 is 10.2 Å².